The number of carbonyl (C=O) groups is 1. The molecule has 1 aromatic carbocycles. The number of aromatic nitrogens is 1. The van der Waals surface area contributed by atoms with Crippen LogP contribution in [0.4, 0.5) is 5.69 Å². The molecule has 0 spiro atoms. The number of hydrogen-bond donors (Lipinski definition) is 1. The number of anilines is 1. The Morgan fingerprint density at radius 2 is 2.05 bits per heavy atom. The molecule has 5 nitrogen and oxygen atoms in total. The maximum atomic E-state index is 12.0. The first-order valence-electron chi connectivity index (χ1n) is 6.48. The molecule has 106 valence electrons. The quantitative estimate of drug-likeness (QED) is 0.934. The number of benzene rings is 1. The smallest absolute Gasteiger partial charge is 0.269 e. The van der Waals surface area contributed by atoms with Gasteiger partial charge in [-0.2, -0.15) is 5.26 Å². The minimum atomic E-state index is -0.447. The fourth-order valence-corrected chi connectivity index (χ4v) is 2.02. The minimum absolute atomic E-state index is 0.0314. The number of nitrogens with one attached hydrogen (secondary N) is 1. The van der Waals surface area contributed by atoms with Gasteiger partial charge in [0, 0.05) is 11.4 Å². The normalized spacial score (nSPS) is 9.95. The summed E-state index contributed by atoms with van der Waals surface area (Å²) >= 11 is 0. The van der Waals surface area contributed by atoms with E-state index in [2.05, 4.69) is 5.32 Å². The molecule has 0 saturated carbocycles. The topological polar surface area (TPSA) is 74.9 Å². The van der Waals surface area contributed by atoms with Crippen molar-refractivity contribution in [1.82, 2.24) is 4.57 Å². The monoisotopic (exact) mass is 281 g/mol. The van der Waals surface area contributed by atoms with Crippen LogP contribution in [0, 0.1) is 25.2 Å². The van der Waals surface area contributed by atoms with E-state index >= 15 is 0 Å². The summed E-state index contributed by atoms with van der Waals surface area (Å²) in [6, 6.07) is 12.4. The molecule has 0 atom stereocenters. The summed E-state index contributed by atoms with van der Waals surface area (Å²) in [5.74, 6) is -0.305. The molecule has 0 aliphatic carbocycles. The molecule has 21 heavy (non-hydrogen) atoms. The zero-order valence-corrected chi connectivity index (χ0v) is 11.9. The van der Waals surface area contributed by atoms with Crippen LogP contribution in [0.1, 0.15) is 16.8 Å². The predicted octanol–water partition coefficient (Wildman–Crippen LogP) is 1.98. The van der Waals surface area contributed by atoms with Crippen LogP contribution in [0.5, 0.6) is 0 Å². The van der Waals surface area contributed by atoms with Crippen molar-refractivity contribution in [2.75, 3.05) is 5.32 Å². The third-order valence-electron chi connectivity index (χ3n) is 3.12. The van der Waals surface area contributed by atoms with Gasteiger partial charge in [0.15, 0.2) is 0 Å². The number of carbonyl (C=O) groups excluding carboxylic acids is 1. The van der Waals surface area contributed by atoms with Crippen LogP contribution in [0.15, 0.2) is 41.2 Å². The molecule has 0 saturated heterocycles. The van der Waals surface area contributed by atoms with Crippen LogP contribution in [-0.4, -0.2) is 10.5 Å². The minimum Gasteiger partial charge on any atom is -0.325 e. The summed E-state index contributed by atoms with van der Waals surface area (Å²) in [5.41, 5.74) is 1.94. The van der Waals surface area contributed by atoms with E-state index in [4.69, 9.17) is 5.26 Å². The Hall–Kier alpha value is -2.87. The van der Waals surface area contributed by atoms with Gasteiger partial charge in [-0.15, -0.1) is 0 Å². The fraction of sp³-hybridized carbons (Fsp3) is 0.188. The van der Waals surface area contributed by atoms with Crippen molar-refractivity contribution in [3.8, 4) is 6.07 Å². The van der Waals surface area contributed by atoms with E-state index in [1.807, 2.05) is 31.2 Å². The second-order valence-corrected chi connectivity index (χ2v) is 4.81. The molecule has 0 aliphatic heterocycles. The van der Waals surface area contributed by atoms with E-state index in [9.17, 15) is 9.59 Å². The summed E-state index contributed by atoms with van der Waals surface area (Å²) in [5, 5.41) is 11.6. The van der Waals surface area contributed by atoms with Crippen LogP contribution in [0.25, 0.3) is 0 Å². The van der Waals surface area contributed by atoms with Crippen LogP contribution in [-0.2, 0) is 11.3 Å². The number of pyridine rings is 1. The number of rotatable bonds is 3. The van der Waals surface area contributed by atoms with Gasteiger partial charge in [0.1, 0.15) is 18.2 Å². The standard InChI is InChI=1S/C16H15N3O2/c1-11-4-3-5-14(8-11)18-15(20)10-19-12(2)6-7-13(9-17)16(19)21/h3-8H,10H2,1-2H3,(H,18,20). The van der Waals surface area contributed by atoms with Crippen molar-refractivity contribution in [3.63, 3.8) is 0 Å². The zero-order chi connectivity index (χ0) is 15.4. The Bertz CT molecular complexity index is 785. The average Bonchev–Trinajstić information content (AvgIpc) is 2.43. The highest BCUT2D eigenvalue weighted by atomic mass is 16.2. The number of aryl methyl sites for hydroxylation is 2. The van der Waals surface area contributed by atoms with Crippen molar-refractivity contribution >= 4 is 11.6 Å². The molecule has 0 fully saturated rings. The van der Waals surface area contributed by atoms with Crippen molar-refractivity contribution in [1.29, 1.82) is 5.26 Å². The predicted molar refractivity (Wildman–Crippen MR) is 80.0 cm³/mol. The first kappa shape index (κ1) is 14.5. The second-order valence-electron chi connectivity index (χ2n) is 4.81. The highest BCUT2D eigenvalue weighted by Gasteiger charge is 2.10. The van der Waals surface area contributed by atoms with Gasteiger partial charge >= 0.3 is 0 Å². The van der Waals surface area contributed by atoms with Gasteiger partial charge in [-0.05, 0) is 43.7 Å². The summed E-state index contributed by atoms with van der Waals surface area (Å²) in [6.45, 7) is 3.54. The largest absolute Gasteiger partial charge is 0.325 e. The van der Waals surface area contributed by atoms with Gasteiger partial charge in [0.05, 0.1) is 0 Å². The third-order valence-corrected chi connectivity index (χ3v) is 3.12. The van der Waals surface area contributed by atoms with Gasteiger partial charge in [0.2, 0.25) is 5.91 Å². The highest BCUT2D eigenvalue weighted by Crippen LogP contribution is 2.09. The molecule has 1 aromatic heterocycles. The first-order valence-corrected chi connectivity index (χ1v) is 6.48. The van der Waals surface area contributed by atoms with E-state index in [0.717, 1.165) is 5.56 Å². The van der Waals surface area contributed by atoms with E-state index in [1.165, 1.54) is 10.6 Å². The van der Waals surface area contributed by atoms with E-state index in [-0.39, 0.29) is 18.0 Å². The number of amides is 1. The van der Waals surface area contributed by atoms with Gasteiger partial charge in [-0.3, -0.25) is 9.59 Å². The third kappa shape index (κ3) is 3.37. The molecule has 2 rings (SSSR count). The van der Waals surface area contributed by atoms with E-state index in [0.29, 0.717) is 11.4 Å². The molecule has 0 aliphatic rings. The SMILES string of the molecule is Cc1cccc(NC(=O)Cn2c(C)ccc(C#N)c2=O)c1. The molecule has 0 bridgehead atoms. The maximum Gasteiger partial charge on any atom is 0.269 e. The zero-order valence-electron chi connectivity index (χ0n) is 11.9. The Morgan fingerprint density at radius 1 is 1.29 bits per heavy atom. The summed E-state index contributed by atoms with van der Waals surface area (Å²) < 4.78 is 1.30. The van der Waals surface area contributed by atoms with Crippen molar-refractivity contribution in [2.24, 2.45) is 0 Å². The lowest BCUT2D eigenvalue weighted by molar-refractivity contribution is -0.116. The first-order chi connectivity index (χ1) is 10.0. The fourth-order valence-electron chi connectivity index (χ4n) is 2.02. The number of nitriles is 1. The molecule has 1 N–H and O–H groups in total. The molecule has 2 aromatic rings. The lowest BCUT2D eigenvalue weighted by Gasteiger charge is -2.11. The Morgan fingerprint density at radius 3 is 2.71 bits per heavy atom. The van der Waals surface area contributed by atoms with Crippen LogP contribution < -0.4 is 10.9 Å². The van der Waals surface area contributed by atoms with E-state index in [1.54, 1.807) is 19.1 Å². The molecule has 0 unspecified atom stereocenters. The molecular weight excluding hydrogens is 266 g/mol. The second kappa shape index (κ2) is 6.06. The van der Waals surface area contributed by atoms with Gasteiger partial charge in [-0.25, -0.2) is 0 Å². The van der Waals surface area contributed by atoms with Crippen LogP contribution in [0.3, 0.4) is 0 Å². The van der Waals surface area contributed by atoms with Crippen LogP contribution in [0.2, 0.25) is 0 Å². The van der Waals surface area contributed by atoms with Gasteiger partial charge in [0.25, 0.3) is 5.56 Å². The summed E-state index contributed by atoms with van der Waals surface area (Å²) in [7, 11) is 0. The number of nitrogens with zero attached hydrogens (tertiary/aromatic N) is 2. The Balaban J connectivity index is 2.21. The Kier molecular flexibility index (Phi) is 4.19. The lowest BCUT2D eigenvalue weighted by Crippen LogP contribution is -2.30. The molecule has 1 amide bonds. The van der Waals surface area contributed by atoms with Crippen LogP contribution >= 0.6 is 0 Å². The molecule has 5 heteroatoms. The maximum absolute atomic E-state index is 12.0. The molecule has 1 heterocycles. The van der Waals surface area contributed by atoms with Gasteiger partial charge in [-0.1, -0.05) is 12.1 Å². The average molecular weight is 281 g/mol. The lowest BCUT2D eigenvalue weighted by atomic mass is 10.2. The summed E-state index contributed by atoms with van der Waals surface area (Å²) in [6.07, 6.45) is 0. The summed E-state index contributed by atoms with van der Waals surface area (Å²) in [4.78, 5) is 24.1. The molecular formula is C16H15N3O2. The van der Waals surface area contributed by atoms with E-state index < -0.39 is 5.56 Å². The van der Waals surface area contributed by atoms with Crippen molar-refractivity contribution in [2.45, 2.75) is 20.4 Å². The van der Waals surface area contributed by atoms with Crippen molar-refractivity contribution < 1.29 is 4.79 Å². The number of hydrogen-bond acceptors (Lipinski definition) is 3. The Labute approximate surface area is 122 Å². The highest BCUT2D eigenvalue weighted by molar-refractivity contribution is 5.90. The molecule has 0 radical (unpaired) electrons. The van der Waals surface area contributed by atoms with Gasteiger partial charge < -0.3 is 9.88 Å². The van der Waals surface area contributed by atoms with Crippen molar-refractivity contribution in [3.05, 3.63) is 63.6 Å².